The summed E-state index contributed by atoms with van der Waals surface area (Å²) in [5.41, 5.74) is 0.828. The van der Waals surface area contributed by atoms with E-state index in [0.717, 1.165) is 40.8 Å². The van der Waals surface area contributed by atoms with Crippen LogP contribution in [0.4, 0.5) is 35.1 Å². The Bertz CT molecular complexity index is 1800. The van der Waals surface area contributed by atoms with E-state index in [-0.39, 0.29) is 16.8 Å². The third-order valence-electron chi connectivity index (χ3n) is 6.18. The van der Waals surface area contributed by atoms with Crippen molar-refractivity contribution in [3.8, 4) is 45.4 Å². The van der Waals surface area contributed by atoms with Crippen molar-refractivity contribution in [1.29, 1.82) is 0 Å². The maximum atomic E-state index is 15.2. The van der Waals surface area contributed by atoms with E-state index in [2.05, 4.69) is 4.98 Å². The molecule has 0 saturated carbocycles. The number of pyridine rings is 1. The summed E-state index contributed by atoms with van der Waals surface area (Å²) in [6.07, 6.45) is -3.48. The number of rotatable bonds is 3. The summed E-state index contributed by atoms with van der Waals surface area (Å²) in [6, 6.07) is 15.1. The van der Waals surface area contributed by atoms with Crippen molar-refractivity contribution in [2.45, 2.75) is 13.1 Å². The lowest BCUT2D eigenvalue weighted by molar-refractivity contribution is -0.0696. The number of alkyl halides is 3. The fraction of sp³-hybridized carbons (Fsp3) is 0.0645. The van der Waals surface area contributed by atoms with E-state index >= 15 is 8.78 Å². The Kier molecular flexibility index (Phi) is 6.80. The van der Waals surface area contributed by atoms with E-state index in [1.54, 1.807) is 18.3 Å². The van der Waals surface area contributed by atoms with Crippen LogP contribution in [0.3, 0.4) is 0 Å². The lowest BCUT2D eigenvalue weighted by atomic mass is 9.96. The maximum Gasteiger partial charge on any atom is 0.458 e. The standard InChI is InChI=1S/C31H15F8N/c1-16-2-4-17(5-3-16)18-6-7-27(40-15-18)19-11-24(33)28(25(34)12-19)20-10-21-13-23(32)22(8-9-31(37,38)39)30(36)29(21)26(35)14-20/h2-7,10-15H,1H3. The fourth-order valence-corrected chi connectivity index (χ4v) is 4.28. The minimum atomic E-state index is -5.03. The summed E-state index contributed by atoms with van der Waals surface area (Å²) in [5, 5.41) is -1.33. The number of aryl methyl sites for hydroxylation is 1. The Balaban J connectivity index is 1.53. The number of nitrogens with zero attached hydrogens (tertiary/aromatic N) is 1. The molecule has 0 saturated heterocycles. The number of halogens is 8. The first-order valence-corrected chi connectivity index (χ1v) is 11.7. The van der Waals surface area contributed by atoms with Crippen LogP contribution in [0.1, 0.15) is 11.1 Å². The van der Waals surface area contributed by atoms with Gasteiger partial charge in [-0.2, -0.15) is 13.2 Å². The molecule has 0 unspecified atom stereocenters. The van der Waals surface area contributed by atoms with Crippen LogP contribution in [0.5, 0.6) is 0 Å². The van der Waals surface area contributed by atoms with Crippen molar-refractivity contribution >= 4 is 10.8 Å². The van der Waals surface area contributed by atoms with Crippen LogP contribution in [0.2, 0.25) is 0 Å². The maximum absolute atomic E-state index is 15.2. The van der Waals surface area contributed by atoms with Crippen molar-refractivity contribution in [1.82, 2.24) is 4.98 Å². The van der Waals surface area contributed by atoms with Gasteiger partial charge in [0, 0.05) is 23.2 Å². The van der Waals surface area contributed by atoms with Gasteiger partial charge in [-0.05, 0) is 59.8 Å². The van der Waals surface area contributed by atoms with Gasteiger partial charge in [-0.15, -0.1) is 0 Å². The molecule has 0 aliphatic heterocycles. The summed E-state index contributed by atoms with van der Waals surface area (Å²) < 4.78 is 112. The molecule has 4 aromatic carbocycles. The Morgan fingerprint density at radius 1 is 0.650 bits per heavy atom. The van der Waals surface area contributed by atoms with Gasteiger partial charge in [0.2, 0.25) is 0 Å². The second-order valence-corrected chi connectivity index (χ2v) is 8.96. The number of aromatic nitrogens is 1. The van der Waals surface area contributed by atoms with Crippen LogP contribution in [-0.2, 0) is 0 Å². The van der Waals surface area contributed by atoms with Gasteiger partial charge in [-0.25, -0.2) is 22.0 Å². The highest BCUT2D eigenvalue weighted by atomic mass is 19.4. The Labute approximate surface area is 222 Å². The van der Waals surface area contributed by atoms with E-state index in [9.17, 15) is 26.3 Å². The van der Waals surface area contributed by atoms with Crippen molar-refractivity contribution in [2.24, 2.45) is 0 Å². The van der Waals surface area contributed by atoms with Crippen molar-refractivity contribution in [2.75, 3.05) is 0 Å². The molecule has 0 atom stereocenters. The first-order valence-electron chi connectivity index (χ1n) is 11.7. The van der Waals surface area contributed by atoms with E-state index < -0.39 is 57.2 Å². The van der Waals surface area contributed by atoms with Crippen LogP contribution in [0.25, 0.3) is 44.3 Å². The minimum absolute atomic E-state index is 0.0976. The zero-order valence-corrected chi connectivity index (χ0v) is 20.4. The number of fused-ring (bicyclic) bond motifs is 1. The molecule has 1 aromatic heterocycles. The lowest BCUT2D eigenvalue weighted by Gasteiger charge is -2.12. The SMILES string of the molecule is Cc1ccc(-c2ccc(-c3cc(F)c(-c4cc(F)c5c(F)c(C#CC(F)(F)F)c(F)cc5c4)c(F)c3)nc2)cc1. The molecule has 0 aliphatic rings. The Morgan fingerprint density at radius 3 is 1.88 bits per heavy atom. The molecular formula is C31H15F8N. The van der Waals surface area contributed by atoms with Crippen LogP contribution in [-0.4, -0.2) is 11.2 Å². The summed E-state index contributed by atoms with van der Waals surface area (Å²) >= 11 is 0. The normalized spacial score (nSPS) is 11.4. The van der Waals surface area contributed by atoms with Gasteiger partial charge < -0.3 is 0 Å². The van der Waals surface area contributed by atoms with E-state index in [4.69, 9.17) is 0 Å². The molecule has 1 nitrogen and oxygen atoms in total. The molecule has 0 radical (unpaired) electrons. The summed E-state index contributed by atoms with van der Waals surface area (Å²) in [5.74, 6) is -4.64. The molecule has 5 aromatic rings. The van der Waals surface area contributed by atoms with E-state index in [1.165, 1.54) is 5.92 Å². The number of benzene rings is 4. The zero-order chi connectivity index (χ0) is 28.8. The van der Waals surface area contributed by atoms with Gasteiger partial charge in [0.05, 0.1) is 22.2 Å². The highest BCUT2D eigenvalue weighted by Gasteiger charge is 2.25. The average Bonchev–Trinajstić information content (AvgIpc) is 2.87. The number of hydrogen-bond acceptors (Lipinski definition) is 1. The molecule has 200 valence electrons. The van der Waals surface area contributed by atoms with Crippen molar-refractivity contribution in [3.63, 3.8) is 0 Å². The molecular weight excluding hydrogens is 538 g/mol. The zero-order valence-electron chi connectivity index (χ0n) is 20.4. The molecule has 0 N–H and O–H groups in total. The van der Waals surface area contributed by atoms with E-state index in [1.807, 2.05) is 31.2 Å². The van der Waals surface area contributed by atoms with Crippen LogP contribution < -0.4 is 0 Å². The average molecular weight is 553 g/mol. The number of hydrogen-bond donors (Lipinski definition) is 0. The predicted octanol–water partition coefficient (Wildman–Crippen LogP) is 9.15. The van der Waals surface area contributed by atoms with Gasteiger partial charge in [-0.1, -0.05) is 41.8 Å². The lowest BCUT2D eigenvalue weighted by Crippen LogP contribution is -2.03. The third kappa shape index (κ3) is 5.25. The van der Waals surface area contributed by atoms with Crippen molar-refractivity contribution in [3.05, 3.63) is 113 Å². The summed E-state index contributed by atoms with van der Waals surface area (Å²) in [4.78, 5) is 4.29. The molecule has 0 amide bonds. The minimum Gasteiger partial charge on any atom is -0.256 e. The second kappa shape index (κ2) is 10.1. The first-order chi connectivity index (χ1) is 18.9. The molecule has 0 spiro atoms. The summed E-state index contributed by atoms with van der Waals surface area (Å²) in [7, 11) is 0. The van der Waals surface area contributed by atoms with Gasteiger partial charge in [0.25, 0.3) is 0 Å². The van der Waals surface area contributed by atoms with Crippen LogP contribution in [0.15, 0.2) is 72.9 Å². The summed E-state index contributed by atoms with van der Waals surface area (Å²) in [6.45, 7) is 1.95. The van der Waals surface area contributed by atoms with Crippen LogP contribution in [0, 0.1) is 47.9 Å². The van der Waals surface area contributed by atoms with E-state index in [0.29, 0.717) is 12.1 Å². The molecule has 0 fully saturated rings. The third-order valence-corrected chi connectivity index (χ3v) is 6.18. The molecule has 9 heteroatoms. The van der Waals surface area contributed by atoms with Crippen LogP contribution >= 0.6 is 0 Å². The monoisotopic (exact) mass is 553 g/mol. The topological polar surface area (TPSA) is 12.9 Å². The smallest absolute Gasteiger partial charge is 0.256 e. The first kappa shape index (κ1) is 26.9. The predicted molar refractivity (Wildman–Crippen MR) is 136 cm³/mol. The molecule has 1 heterocycles. The molecule has 40 heavy (non-hydrogen) atoms. The Hall–Kier alpha value is -4.71. The molecule has 5 rings (SSSR count). The van der Waals surface area contributed by atoms with Gasteiger partial charge in [0.1, 0.15) is 23.3 Å². The highest BCUT2D eigenvalue weighted by Crippen LogP contribution is 2.35. The largest absolute Gasteiger partial charge is 0.458 e. The Morgan fingerprint density at radius 2 is 1.27 bits per heavy atom. The second-order valence-electron chi connectivity index (χ2n) is 8.96. The van der Waals surface area contributed by atoms with Gasteiger partial charge in [-0.3, -0.25) is 4.98 Å². The van der Waals surface area contributed by atoms with Gasteiger partial charge >= 0.3 is 6.18 Å². The molecule has 0 aliphatic carbocycles. The highest BCUT2D eigenvalue weighted by molar-refractivity contribution is 5.90. The molecule has 0 bridgehead atoms. The van der Waals surface area contributed by atoms with Gasteiger partial charge in [0.15, 0.2) is 5.82 Å². The van der Waals surface area contributed by atoms with Crippen molar-refractivity contribution < 1.29 is 35.1 Å². The quantitative estimate of drug-likeness (QED) is 0.160. The fourth-order valence-electron chi connectivity index (χ4n) is 4.28.